The Hall–Kier alpha value is -1.62. The van der Waals surface area contributed by atoms with Gasteiger partial charge >= 0.3 is 0 Å². The molecular weight excluding hydrogens is 356 g/mol. The summed E-state index contributed by atoms with van der Waals surface area (Å²) in [7, 11) is -1.14. The van der Waals surface area contributed by atoms with Crippen molar-refractivity contribution in [1.82, 2.24) is 14.5 Å². The second kappa shape index (κ2) is 6.59. The van der Waals surface area contributed by atoms with Crippen LogP contribution in [0, 0.1) is 11.3 Å². The molecule has 0 N–H and O–H groups in total. The first-order valence-corrected chi connectivity index (χ1v) is 12.5. The lowest BCUT2D eigenvalue weighted by atomic mass is 10.2. The first-order valence-electron chi connectivity index (χ1n) is 8.44. The number of hydrogen-bond acceptors (Lipinski definition) is 5. The maximum atomic E-state index is 9.49. The summed E-state index contributed by atoms with van der Waals surface area (Å²) in [5.74, 6) is 0.382. The fourth-order valence-electron chi connectivity index (χ4n) is 2.44. The first kappa shape index (κ1) is 18.2. The third kappa shape index (κ3) is 4.32. The van der Waals surface area contributed by atoms with Gasteiger partial charge in [-0.3, -0.25) is 0 Å². The molecule has 0 saturated heterocycles. The topological polar surface area (TPSA) is 73.0 Å². The van der Waals surface area contributed by atoms with E-state index >= 15 is 0 Å². The van der Waals surface area contributed by atoms with Crippen molar-refractivity contribution in [2.75, 3.05) is 6.61 Å². The average molecular weight is 379 g/mol. The first-order chi connectivity index (χ1) is 11.7. The van der Waals surface area contributed by atoms with E-state index in [1.807, 2.05) is 6.92 Å². The van der Waals surface area contributed by atoms with Gasteiger partial charge in [0.05, 0.1) is 10.9 Å². The minimum absolute atomic E-state index is 0.109. The van der Waals surface area contributed by atoms with Crippen LogP contribution in [0.25, 0.3) is 11.0 Å². The molecule has 1 aliphatic carbocycles. The van der Waals surface area contributed by atoms with Crippen molar-refractivity contribution >= 4 is 30.7 Å². The molecule has 2 aromatic heterocycles. The number of fused-ring (bicyclic) bond motifs is 1. The molecule has 6 nitrogen and oxygen atoms in total. The highest BCUT2D eigenvalue weighted by Crippen LogP contribution is 2.41. The predicted octanol–water partition coefficient (Wildman–Crippen LogP) is 4.20. The van der Waals surface area contributed by atoms with Crippen LogP contribution in [0.4, 0.5) is 0 Å². The molecule has 0 aliphatic heterocycles. The van der Waals surface area contributed by atoms with Crippen LogP contribution < -0.4 is 4.74 Å². The molecule has 2 heterocycles. The molecule has 0 radical (unpaired) electrons. The molecule has 134 valence electrons. The molecule has 3 rings (SSSR count). The number of hydrogen-bond donors (Lipinski definition) is 0. The van der Waals surface area contributed by atoms with E-state index in [1.165, 1.54) is 0 Å². The van der Waals surface area contributed by atoms with Crippen LogP contribution in [-0.2, 0) is 11.5 Å². The van der Waals surface area contributed by atoms with E-state index in [1.54, 1.807) is 10.8 Å². The van der Waals surface area contributed by atoms with Crippen LogP contribution >= 0.6 is 11.6 Å². The van der Waals surface area contributed by atoms with Crippen molar-refractivity contribution < 1.29 is 9.47 Å². The molecule has 0 unspecified atom stereocenters. The Morgan fingerprint density at radius 2 is 2.08 bits per heavy atom. The van der Waals surface area contributed by atoms with Gasteiger partial charge < -0.3 is 14.0 Å². The van der Waals surface area contributed by atoms with Gasteiger partial charge in [0, 0.05) is 20.9 Å². The molecule has 0 aromatic carbocycles. The second-order valence-electron chi connectivity index (χ2n) is 8.02. The minimum atomic E-state index is -1.14. The van der Waals surface area contributed by atoms with Gasteiger partial charge in [-0.2, -0.15) is 15.2 Å². The molecule has 8 heteroatoms. The normalized spacial score (nSPS) is 16.0. The van der Waals surface area contributed by atoms with Gasteiger partial charge in [0.1, 0.15) is 18.4 Å². The number of aromatic nitrogens is 3. The Morgan fingerprint density at radius 3 is 2.68 bits per heavy atom. The smallest absolute Gasteiger partial charge is 0.229 e. The third-order valence-electron chi connectivity index (χ3n) is 4.30. The number of halogens is 1. The standard InChI is InChI=1S/C17H23ClN4O2Si/c1-17(5-6-17)24-15-13-12(9-19)10-22(14(13)20-16(18)21-15)11-23-7-8-25(2,3)4/h10H,5-8,11H2,1-4H3. The van der Waals surface area contributed by atoms with Crippen molar-refractivity contribution in [3.8, 4) is 11.9 Å². The van der Waals surface area contributed by atoms with Gasteiger partial charge in [0.25, 0.3) is 0 Å². The van der Waals surface area contributed by atoms with Crippen molar-refractivity contribution in [2.24, 2.45) is 0 Å². The Labute approximate surface area is 153 Å². The summed E-state index contributed by atoms with van der Waals surface area (Å²) in [4.78, 5) is 8.51. The SMILES string of the molecule is CC1(Oc2nc(Cl)nc3c2c(C#N)cn3COCC[Si](C)(C)C)CC1. The van der Waals surface area contributed by atoms with Crippen LogP contribution in [0.3, 0.4) is 0 Å². The summed E-state index contributed by atoms with van der Waals surface area (Å²) >= 11 is 6.08. The number of ether oxygens (including phenoxy) is 2. The van der Waals surface area contributed by atoms with Crippen molar-refractivity contribution in [1.29, 1.82) is 5.26 Å². The molecule has 1 fully saturated rings. The van der Waals surface area contributed by atoms with Gasteiger partial charge in [-0.05, 0) is 37.4 Å². The Kier molecular flexibility index (Phi) is 4.79. The maximum Gasteiger partial charge on any atom is 0.229 e. The van der Waals surface area contributed by atoms with Gasteiger partial charge in [-0.15, -0.1) is 0 Å². The number of nitrogens with zero attached hydrogens (tertiary/aromatic N) is 4. The average Bonchev–Trinajstić information content (AvgIpc) is 3.12. The Bertz CT molecular complexity index is 834. The summed E-state index contributed by atoms with van der Waals surface area (Å²) in [6, 6.07) is 3.28. The van der Waals surface area contributed by atoms with Crippen molar-refractivity contribution in [3.05, 3.63) is 17.0 Å². The maximum absolute atomic E-state index is 9.49. The summed E-state index contributed by atoms with van der Waals surface area (Å²) in [6.45, 7) is 9.97. The van der Waals surface area contributed by atoms with E-state index in [0.717, 1.165) is 18.9 Å². The zero-order chi connectivity index (χ0) is 18.2. The molecule has 25 heavy (non-hydrogen) atoms. The predicted molar refractivity (Wildman–Crippen MR) is 99.6 cm³/mol. The monoisotopic (exact) mass is 378 g/mol. The largest absolute Gasteiger partial charge is 0.471 e. The van der Waals surface area contributed by atoms with E-state index in [9.17, 15) is 5.26 Å². The van der Waals surface area contributed by atoms with Crippen LogP contribution in [0.2, 0.25) is 31.0 Å². The van der Waals surface area contributed by atoms with Crippen LogP contribution in [-0.4, -0.2) is 34.8 Å². The molecule has 1 aliphatic rings. The fourth-order valence-corrected chi connectivity index (χ4v) is 3.35. The highest BCUT2D eigenvalue weighted by atomic mass is 35.5. The summed E-state index contributed by atoms with van der Waals surface area (Å²) in [5.41, 5.74) is 0.830. The van der Waals surface area contributed by atoms with Crippen molar-refractivity contribution in [2.45, 2.75) is 57.8 Å². The zero-order valence-corrected chi connectivity index (χ0v) is 16.9. The van der Waals surface area contributed by atoms with E-state index in [2.05, 4.69) is 35.7 Å². The molecule has 1 saturated carbocycles. The van der Waals surface area contributed by atoms with E-state index < -0.39 is 8.07 Å². The van der Waals surface area contributed by atoms with Gasteiger partial charge in [-0.25, -0.2) is 0 Å². The van der Waals surface area contributed by atoms with Crippen LogP contribution in [0.15, 0.2) is 6.20 Å². The molecular formula is C17H23ClN4O2Si. The summed E-state index contributed by atoms with van der Waals surface area (Å²) < 4.78 is 13.6. The Balaban J connectivity index is 1.88. The molecule has 0 amide bonds. The summed E-state index contributed by atoms with van der Waals surface area (Å²) in [5, 5.41) is 10.2. The van der Waals surface area contributed by atoms with Gasteiger partial charge in [-0.1, -0.05) is 19.6 Å². The fraction of sp³-hybridized carbons (Fsp3) is 0.588. The number of nitriles is 1. The highest BCUT2D eigenvalue weighted by Gasteiger charge is 2.41. The Morgan fingerprint density at radius 1 is 1.36 bits per heavy atom. The van der Waals surface area contributed by atoms with Crippen LogP contribution in [0.5, 0.6) is 5.88 Å². The molecule has 0 atom stereocenters. The van der Waals surface area contributed by atoms with E-state index in [-0.39, 0.29) is 10.9 Å². The van der Waals surface area contributed by atoms with E-state index in [4.69, 9.17) is 21.1 Å². The third-order valence-corrected chi connectivity index (χ3v) is 6.17. The lowest BCUT2D eigenvalue weighted by Crippen LogP contribution is -2.22. The highest BCUT2D eigenvalue weighted by molar-refractivity contribution is 6.76. The van der Waals surface area contributed by atoms with Gasteiger partial charge in [0.2, 0.25) is 11.2 Å². The van der Waals surface area contributed by atoms with E-state index in [0.29, 0.717) is 35.8 Å². The lowest BCUT2D eigenvalue weighted by Gasteiger charge is -2.16. The quantitative estimate of drug-likeness (QED) is 0.410. The zero-order valence-electron chi connectivity index (χ0n) is 15.1. The van der Waals surface area contributed by atoms with Crippen LogP contribution in [0.1, 0.15) is 25.3 Å². The second-order valence-corrected chi connectivity index (χ2v) is 14.0. The molecule has 0 spiro atoms. The lowest BCUT2D eigenvalue weighted by molar-refractivity contribution is 0.0898. The minimum Gasteiger partial charge on any atom is -0.471 e. The van der Waals surface area contributed by atoms with Crippen molar-refractivity contribution in [3.63, 3.8) is 0 Å². The molecule has 0 bridgehead atoms. The molecule has 2 aromatic rings. The van der Waals surface area contributed by atoms with Gasteiger partial charge in [0.15, 0.2) is 5.65 Å². The summed E-state index contributed by atoms with van der Waals surface area (Å²) in [6.07, 6.45) is 3.67. The number of rotatable bonds is 7.